The average molecular weight is 553 g/mol. The number of piperidine rings is 1. The molecule has 12 nitrogen and oxygen atoms in total. The molecule has 40 heavy (non-hydrogen) atoms. The van der Waals surface area contributed by atoms with Gasteiger partial charge in [0, 0.05) is 31.7 Å². The van der Waals surface area contributed by atoms with Crippen LogP contribution in [0.3, 0.4) is 0 Å². The number of rotatable bonds is 8. The molecule has 3 saturated heterocycles. The second-order valence-corrected chi connectivity index (χ2v) is 11.0. The van der Waals surface area contributed by atoms with Gasteiger partial charge in [0.15, 0.2) is 0 Å². The molecule has 0 radical (unpaired) electrons. The van der Waals surface area contributed by atoms with Crippen molar-refractivity contribution in [2.24, 2.45) is 0 Å². The lowest BCUT2D eigenvalue weighted by Crippen LogP contribution is -2.58. The fourth-order valence-electron chi connectivity index (χ4n) is 5.42. The molecular weight excluding hydrogens is 517 g/mol. The van der Waals surface area contributed by atoms with Crippen molar-refractivity contribution >= 4 is 25.2 Å². The lowest BCUT2D eigenvalue weighted by atomic mass is 9.76. The van der Waals surface area contributed by atoms with E-state index < -0.39 is 36.7 Å². The molecule has 3 aliphatic rings. The maximum absolute atomic E-state index is 13.3. The van der Waals surface area contributed by atoms with Crippen LogP contribution in [-0.2, 0) is 20.7 Å². The highest BCUT2D eigenvalue weighted by molar-refractivity contribution is 6.43. The maximum atomic E-state index is 13.3. The molecule has 214 valence electrons. The third-order valence-electron chi connectivity index (χ3n) is 7.68. The molecule has 4 rings (SSSR count). The van der Waals surface area contributed by atoms with Crippen molar-refractivity contribution in [3.8, 4) is 6.07 Å². The number of carbonyl (C=O) groups is 3. The van der Waals surface area contributed by atoms with Gasteiger partial charge in [-0.25, -0.2) is 9.59 Å². The van der Waals surface area contributed by atoms with Gasteiger partial charge in [0.25, 0.3) is 5.91 Å². The second-order valence-electron chi connectivity index (χ2n) is 11.0. The lowest BCUT2D eigenvalue weighted by molar-refractivity contribution is -0.129. The minimum Gasteiger partial charge on any atom is -0.447 e. The molecule has 0 bridgehead atoms. The summed E-state index contributed by atoms with van der Waals surface area (Å²) in [7, 11) is -1.78. The van der Waals surface area contributed by atoms with Gasteiger partial charge < -0.3 is 29.7 Å². The number of hydrogen-bond acceptors (Lipinski definition) is 9. The summed E-state index contributed by atoms with van der Waals surface area (Å²) in [5.74, 6) is -1.41. The van der Waals surface area contributed by atoms with Crippen molar-refractivity contribution in [2.75, 3.05) is 39.3 Å². The molecule has 0 saturated carbocycles. The highest BCUT2D eigenvalue weighted by Crippen LogP contribution is 2.26. The van der Waals surface area contributed by atoms with Gasteiger partial charge in [0.2, 0.25) is 0 Å². The summed E-state index contributed by atoms with van der Waals surface area (Å²) in [6.45, 7) is 6.41. The van der Waals surface area contributed by atoms with Crippen LogP contribution < -0.4 is 5.32 Å². The van der Waals surface area contributed by atoms with Crippen LogP contribution in [0.1, 0.15) is 32.3 Å². The number of fused-ring (bicyclic) bond motifs is 1. The van der Waals surface area contributed by atoms with Crippen LogP contribution in [0.15, 0.2) is 42.0 Å². The van der Waals surface area contributed by atoms with E-state index in [9.17, 15) is 29.7 Å². The Bertz CT molecular complexity index is 1160. The zero-order valence-corrected chi connectivity index (χ0v) is 22.9. The first-order chi connectivity index (χ1) is 19.1. The summed E-state index contributed by atoms with van der Waals surface area (Å²) in [5.41, 5.74) is 0.201. The summed E-state index contributed by atoms with van der Waals surface area (Å²) in [5, 5.41) is 31.9. The monoisotopic (exact) mass is 553 g/mol. The van der Waals surface area contributed by atoms with E-state index in [-0.39, 0.29) is 30.7 Å². The largest absolute Gasteiger partial charge is 0.475 e. The zero-order valence-electron chi connectivity index (χ0n) is 22.9. The number of benzene rings is 1. The van der Waals surface area contributed by atoms with Crippen molar-refractivity contribution in [1.82, 2.24) is 20.0 Å². The van der Waals surface area contributed by atoms with Crippen molar-refractivity contribution in [2.45, 2.75) is 56.7 Å². The first-order valence-electron chi connectivity index (χ1n) is 13.5. The fraction of sp³-hybridized carbons (Fsp3) is 0.556. The van der Waals surface area contributed by atoms with Crippen LogP contribution in [0.2, 0.25) is 0 Å². The number of cyclic esters (lactones) is 1. The van der Waals surface area contributed by atoms with E-state index in [2.05, 4.69) is 10.2 Å². The quantitative estimate of drug-likeness (QED) is 0.240. The Balaban J connectivity index is 1.34. The maximum Gasteiger partial charge on any atom is 0.475 e. The Labute approximate surface area is 234 Å². The Morgan fingerprint density at radius 3 is 2.70 bits per heavy atom. The third-order valence-corrected chi connectivity index (χ3v) is 7.68. The van der Waals surface area contributed by atoms with Crippen LogP contribution in [-0.4, -0.2) is 113 Å². The van der Waals surface area contributed by atoms with Gasteiger partial charge in [-0.3, -0.25) is 14.6 Å². The van der Waals surface area contributed by atoms with Crippen molar-refractivity contribution < 1.29 is 33.9 Å². The number of alkyl carbamates (subject to hydrolysis) is 1. The summed E-state index contributed by atoms with van der Waals surface area (Å²) < 4.78 is 10.7. The van der Waals surface area contributed by atoms with E-state index in [0.717, 1.165) is 5.56 Å². The Hall–Kier alpha value is -3.60. The lowest BCUT2D eigenvalue weighted by Gasteiger charge is -2.43. The van der Waals surface area contributed by atoms with E-state index in [1.54, 1.807) is 11.0 Å². The molecule has 0 aromatic heterocycles. The Kier molecular flexibility index (Phi) is 9.34. The number of likely N-dealkylation sites (tertiary alicyclic amines) is 1. The van der Waals surface area contributed by atoms with Crippen LogP contribution >= 0.6 is 0 Å². The van der Waals surface area contributed by atoms with E-state index in [1.165, 1.54) is 4.90 Å². The SMILES string of the molecule is CC(C)(/C=C(\C#N)C(=O)N1CCC[C@H](OC(=O)N[C@@H](Cc2ccccc2)B(O)O)C1)N1CCN2C(=O)OC[C@@H]2C1. The van der Waals surface area contributed by atoms with Gasteiger partial charge in [-0.15, -0.1) is 0 Å². The minimum absolute atomic E-state index is 0.00241. The molecule has 3 aliphatic heterocycles. The van der Waals surface area contributed by atoms with Crippen LogP contribution in [0, 0.1) is 11.3 Å². The topological polar surface area (TPSA) is 156 Å². The van der Waals surface area contributed by atoms with E-state index >= 15 is 0 Å². The van der Waals surface area contributed by atoms with Crippen LogP contribution in [0.4, 0.5) is 9.59 Å². The highest BCUT2D eigenvalue weighted by atomic mass is 16.6. The third kappa shape index (κ3) is 7.13. The van der Waals surface area contributed by atoms with Gasteiger partial charge in [-0.2, -0.15) is 5.26 Å². The van der Waals surface area contributed by atoms with Gasteiger partial charge in [-0.1, -0.05) is 30.3 Å². The van der Waals surface area contributed by atoms with E-state index in [4.69, 9.17) is 9.47 Å². The molecule has 3 atom stereocenters. The Morgan fingerprint density at radius 1 is 1.25 bits per heavy atom. The summed E-state index contributed by atoms with van der Waals surface area (Å²) in [4.78, 5) is 43.1. The number of nitrogens with zero attached hydrogens (tertiary/aromatic N) is 4. The molecule has 3 heterocycles. The molecule has 3 N–H and O–H groups in total. The van der Waals surface area contributed by atoms with Crippen molar-refractivity contribution in [3.63, 3.8) is 0 Å². The second kappa shape index (κ2) is 12.7. The molecule has 1 aromatic carbocycles. The predicted molar refractivity (Wildman–Crippen MR) is 145 cm³/mol. The number of carbonyl (C=O) groups excluding carboxylic acids is 3. The first-order valence-corrected chi connectivity index (χ1v) is 13.5. The summed E-state index contributed by atoms with van der Waals surface area (Å²) in [6, 6.07) is 11.1. The zero-order chi connectivity index (χ0) is 28.9. The molecule has 0 spiro atoms. The minimum atomic E-state index is -1.78. The van der Waals surface area contributed by atoms with Crippen LogP contribution in [0.25, 0.3) is 0 Å². The number of piperazine rings is 1. The average Bonchev–Trinajstić information content (AvgIpc) is 3.31. The molecule has 1 aromatic rings. The van der Waals surface area contributed by atoms with Gasteiger partial charge in [0.05, 0.1) is 18.5 Å². The van der Waals surface area contributed by atoms with Crippen molar-refractivity contribution in [3.05, 3.63) is 47.5 Å². The molecule has 0 unspecified atom stereocenters. The smallest absolute Gasteiger partial charge is 0.447 e. The normalized spacial score (nSPS) is 22.6. The Morgan fingerprint density at radius 2 is 2.00 bits per heavy atom. The van der Waals surface area contributed by atoms with Gasteiger partial charge in [0.1, 0.15) is 24.4 Å². The van der Waals surface area contributed by atoms with Crippen LogP contribution in [0.5, 0.6) is 0 Å². The van der Waals surface area contributed by atoms with Crippen molar-refractivity contribution in [1.29, 1.82) is 5.26 Å². The molecular formula is C27H36BN5O7. The number of nitriles is 1. The number of hydrogen-bond donors (Lipinski definition) is 3. The molecule has 3 amide bonds. The standard InChI is InChI=1S/C27H36BN5O7/c1-27(2,32-11-12-33-21(16-32)18-39-26(33)36)14-20(15-29)24(34)31-10-6-9-22(17-31)40-25(35)30-23(28(37)38)13-19-7-4-3-5-8-19/h3-5,7-8,14,21-23,37-38H,6,9-13,16-18H2,1-2H3,(H,30,35)/b20-14+/t21-,22-,23-/m0/s1. The first kappa shape index (κ1) is 29.4. The van der Waals surface area contributed by atoms with E-state index in [0.29, 0.717) is 45.6 Å². The van der Waals surface area contributed by atoms with E-state index in [1.807, 2.05) is 50.2 Å². The predicted octanol–water partition coefficient (Wildman–Crippen LogP) is 0.692. The number of amides is 3. The fourth-order valence-corrected chi connectivity index (χ4v) is 5.42. The number of ether oxygens (including phenoxy) is 2. The molecule has 0 aliphatic carbocycles. The summed E-state index contributed by atoms with van der Waals surface area (Å²) >= 11 is 0. The number of nitrogens with one attached hydrogen (secondary N) is 1. The summed E-state index contributed by atoms with van der Waals surface area (Å²) in [6.07, 6.45) is 1.27. The van der Waals surface area contributed by atoms with Gasteiger partial charge >= 0.3 is 19.3 Å². The highest BCUT2D eigenvalue weighted by Gasteiger charge is 2.41. The molecule has 13 heteroatoms. The van der Waals surface area contributed by atoms with Gasteiger partial charge in [-0.05, 0) is 44.7 Å². The molecule has 3 fully saturated rings.